The van der Waals surface area contributed by atoms with Gasteiger partial charge >= 0.3 is 0 Å². The summed E-state index contributed by atoms with van der Waals surface area (Å²) in [5.74, 6) is 0.265. The minimum Gasteiger partial charge on any atom is -0.624 e. The first-order chi connectivity index (χ1) is 8.22. The van der Waals surface area contributed by atoms with E-state index in [4.69, 9.17) is 4.74 Å². The minimum atomic E-state index is -0.0577. The third kappa shape index (κ3) is 2.67. The Hall–Kier alpha value is -1.35. The first kappa shape index (κ1) is 12.1. The zero-order valence-electron chi connectivity index (χ0n) is 10.4. The van der Waals surface area contributed by atoms with Crippen LogP contribution in [0.5, 0.6) is 0 Å². The van der Waals surface area contributed by atoms with Gasteiger partial charge in [0.1, 0.15) is 6.10 Å². The van der Waals surface area contributed by atoms with Gasteiger partial charge in [0.05, 0.1) is 12.5 Å². The van der Waals surface area contributed by atoms with Crippen LogP contribution >= 0.6 is 0 Å². The monoisotopic (exact) mass is 233 g/mol. The van der Waals surface area contributed by atoms with Gasteiger partial charge in [0.25, 0.3) is 0 Å². The van der Waals surface area contributed by atoms with E-state index in [0.29, 0.717) is 6.61 Å². The molecule has 0 N–H and O–H groups in total. The van der Waals surface area contributed by atoms with Gasteiger partial charge < -0.3 is 9.94 Å². The van der Waals surface area contributed by atoms with Crippen LogP contribution in [0.2, 0.25) is 0 Å². The van der Waals surface area contributed by atoms with Gasteiger partial charge in [-0.05, 0) is 5.56 Å². The maximum atomic E-state index is 11.6. The standard InChI is InChI=1S/C14H19NO2/c1-3-13-11(2)14(9-15(13)16)17-10-12-7-5-4-6-8-12/h4-9,11,13-14H,3,10H2,1-2H3/t11-,13-,14+/m0/s1. The lowest BCUT2D eigenvalue weighted by molar-refractivity contribution is -0.495. The molecule has 2 rings (SSSR count). The van der Waals surface area contributed by atoms with Crippen molar-refractivity contribution in [3.63, 3.8) is 0 Å². The molecule has 0 bridgehead atoms. The van der Waals surface area contributed by atoms with Gasteiger partial charge in [-0.2, -0.15) is 0 Å². The fourth-order valence-electron chi connectivity index (χ4n) is 2.36. The van der Waals surface area contributed by atoms with Crippen molar-refractivity contribution in [1.82, 2.24) is 0 Å². The second-order valence-electron chi connectivity index (χ2n) is 4.60. The molecule has 0 radical (unpaired) electrons. The molecule has 1 aliphatic heterocycles. The zero-order chi connectivity index (χ0) is 12.3. The zero-order valence-corrected chi connectivity index (χ0v) is 10.4. The maximum Gasteiger partial charge on any atom is 0.180 e. The molecule has 0 aromatic heterocycles. The molecule has 3 heteroatoms. The molecule has 1 heterocycles. The number of hydrogen-bond donors (Lipinski definition) is 0. The summed E-state index contributed by atoms with van der Waals surface area (Å²) in [5, 5.41) is 11.6. The van der Waals surface area contributed by atoms with E-state index in [0.717, 1.165) is 16.7 Å². The van der Waals surface area contributed by atoms with E-state index in [1.165, 1.54) is 0 Å². The lowest BCUT2D eigenvalue weighted by Crippen LogP contribution is -2.27. The normalized spacial score (nSPS) is 28.1. The molecular weight excluding hydrogens is 214 g/mol. The Morgan fingerprint density at radius 1 is 1.29 bits per heavy atom. The summed E-state index contributed by atoms with van der Waals surface area (Å²) in [6.07, 6.45) is 2.48. The molecule has 1 aromatic rings. The van der Waals surface area contributed by atoms with Crippen molar-refractivity contribution in [2.24, 2.45) is 5.92 Å². The van der Waals surface area contributed by atoms with E-state index in [-0.39, 0.29) is 18.1 Å². The quantitative estimate of drug-likeness (QED) is 0.592. The van der Waals surface area contributed by atoms with E-state index in [2.05, 4.69) is 6.92 Å². The van der Waals surface area contributed by atoms with Crippen molar-refractivity contribution in [3.8, 4) is 0 Å². The first-order valence-corrected chi connectivity index (χ1v) is 6.18. The SMILES string of the molecule is CC[C@H]1[C@H](C)[C@H](OCc2ccccc2)C=[N+]1[O-]. The van der Waals surface area contributed by atoms with E-state index in [1.807, 2.05) is 37.3 Å². The number of ether oxygens (including phenoxy) is 1. The van der Waals surface area contributed by atoms with Crippen molar-refractivity contribution >= 4 is 6.21 Å². The van der Waals surface area contributed by atoms with Crippen molar-refractivity contribution < 1.29 is 9.48 Å². The van der Waals surface area contributed by atoms with E-state index in [1.54, 1.807) is 6.21 Å². The second kappa shape index (κ2) is 5.32. The summed E-state index contributed by atoms with van der Waals surface area (Å²) in [4.78, 5) is 0. The van der Waals surface area contributed by atoms with E-state index in [9.17, 15) is 5.21 Å². The summed E-state index contributed by atoms with van der Waals surface area (Å²) < 4.78 is 6.86. The van der Waals surface area contributed by atoms with Gasteiger partial charge in [0, 0.05) is 6.42 Å². The number of rotatable bonds is 4. The Morgan fingerprint density at radius 3 is 2.59 bits per heavy atom. The smallest absolute Gasteiger partial charge is 0.180 e. The molecule has 1 aromatic carbocycles. The predicted octanol–water partition coefficient (Wildman–Crippen LogP) is 2.58. The largest absolute Gasteiger partial charge is 0.624 e. The van der Waals surface area contributed by atoms with Crippen LogP contribution in [0.25, 0.3) is 0 Å². The summed E-state index contributed by atoms with van der Waals surface area (Å²) in [7, 11) is 0. The minimum absolute atomic E-state index is 0.0577. The number of nitrogens with zero attached hydrogens (tertiary/aromatic N) is 1. The Morgan fingerprint density at radius 2 is 2.00 bits per heavy atom. The number of hydrogen-bond acceptors (Lipinski definition) is 2. The topological polar surface area (TPSA) is 35.3 Å². The Labute approximate surface area is 102 Å². The van der Waals surface area contributed by atoms with Crippen LogP contribution in [-0.2, 0) is 11.3 Å². The molecule has 0 amide bonds. The molecule has 1 aliphatic rings. The van der Waals surface area contributed by atoms with Crippen LogP contribution in [0.15, 0.2) is 30.3 Å². The molecule has 0 aliphatic carbocycles. The molecular formula is C14H19NO2. The number of benzene rings is 1. The van der Waals surface area contributed by atoms with Gasteiger partial charge in [-0.1, -0.05) is 44.2 Å². The molecule has 17 heavy (non-hydrogen) atoms. The van der Waals surface area contributed by atoms with Gasteiger partial charge in [-0.15, -0.1) is 0 Å². The Kier molecular flexibility index (Phi) is 3.79. The van der Waals surface area contributed by atoms with E-state index >= 15 is 0 Å². The van der Waals surface area contributed by atoms with Gasteiger partial charge in [-0.3, -0.25) is 0 Å². The maximum absolute atomic E-state index is 11.6. The van der Waals surface area contributed by atoms with Crippen molar-refractivity contribution in [1.29, 1.82) is 0 Å². The fraction of sp³-hybridized carbons (Fsp3) is 0.500. The lowest BCUT2D eigenvalue weighted by Gasteiger charge is -2.16. The van der Waals surface area contributed by atoms with Crippen molar-refractivity contribution in [2.45, 2.75) is 39.0 Å². The second-order valence-corrected chi connectivity index (χ2v) is 4.60. The average Bonchev–Trinajstić information content (AvgIpc) is 2.63. The third-order valence-corrected chi connectivity index (χ3v) is 3.45. The van der Waals surface area contributed by atoms with Crippen molar-refractivity contribution in [3.05, 3.63) is 41.1 Å². The summed E-state index contributed by atoms with van der Waals surface area (Å²) in [6.45, 7) is 4.69. The molecule has 3 nitrogen and oxygen atoms in total. The summed E-state index contributed by atoms with van der Waals surface area (Å²) in [5.41, 5.74) is 1.14. The summed E-state index contributed by atoms with van der Waals surface area (Å²) in [6, 6.07) is 10.1. The van der Waals surface area contributed by atoms with Crippen LogP contribution in [0.3, 0.4) is 0 Å². The highest BCUT2D eigenvalue weighted by atomic mass is 16.5. The van der Waals surface area contributed by atoms with Gasteiger partial charge in [0.15, 0.2) is 12.3 Å². The highest BCUT2D eigenvalue weighted by Crippen LogP contribution is 2.22. The van der Waals surface area contributed by atoms with Crippen LogP contribution in [0.4, 0.5) is 0 Å². The van der Waals surface area contributed by atoms with Crippen LogP contribution < -0.4 is 0 Å². The third-order valence-electron chi connectivity index (χ3n) is 3.45. The van der Waals surface area contributed by atoms with Gasteiger partial charge in [-0.25, -0.2) is 4.74 Å². The molecule has 0 saturated carbocycles. The number of hydroxylamine groups is 1. The van der Waals surface area contributed by atoms with Gasteiger partial charge in [0.2, 0.25) is 0 Å². The fourth-order valence-corrected chi connectivity index (χ4v) is 2.36. The lowest BCUT2D eigenvalue weighted by atomic mass is 9.98. The van der Waals surface area contributed by atoms with Crippen LogP contribution in [0.1, 0.15) is 25.8 Å². The molecule has 0 fully saturated rings. The predicted molar refractivity (Wildman–Crippen MR) is 68.0 cm³/mol. The first-order valence-electron chi connectivity index (χ1n) is 6.18. The van der Waals surface area contributed by atoms with Crippen LogP contribution in [-0.4, -0.2) is 23.1 Å². The molecule has 0 saturated heterocycles. The highest BCUT2D eigenvalue weighted by molar-refractivity contribution is 5.60. The van der Waals surface area contributed by atoms with Crippen LogP contribution in [0, 0.1) is 11.1 Å². The molecule has 0 unspecified atom stereocenters. The highest BCUT2D eigenvalue weighted by Gasteiger charge is 2.37. The Bertz CT molecular complexity index is 388. The summed E-state index contributed by atoms with van der Waals surface area (Å²) >= 11 is 0. The average molecular weight is 233 g/mol. The molecule has 3 atom stereocenters. The van der Waals surface area contributed by atoms with E-state index < -0.39 is 0 Å². The van der Waals surface area contributed by atoms with Crippen molar-refractivity contribution in [2.75, 3.05) is 0 Å². The molecule has 92 valence electrons. The Balaban J connectivity index is 1.93. The molecule has 0 spiro atoms.